The Kier molecular flexibility index (Phi) is 5.10. The van der Waals surface area contributed by atoms with E-state index in [1.807, 2.05) is 28.3 Å². The van der Waals surface area contributed by atoms with E-state index in [1.54, 1.807) is 24.9 Å². The number of aryl methyl sites for hydroxylation is 1. The first-order valence-electron chi connectivity index (χ1n) is 7.38. The molecule has 0 saturated heterocycles. The number of thiazole rings is 1. The molecule has 0 aliphatic heterocycles. The van der Waals surface area contributed by atoms with Crippen molar-refractivity contribution in [3.8, 4) is 10.6 Å². The first-order chi connectivity index (χ1) is 11.3. The minimum Gasteiger partial charge on any atom is -0.356 e. The Bertz CT molecular complexity index is 739. The number of nitrogens with zero attached hydrogens (tertiary/aromatic N) is 4. The number of nitrogens with one attached hydrogen (secondary N) is 1. The van der Waals surface area contributed by atoms with Gasteiger partial charge >= 0.3 is 0 Å². The van der Waals surface area contributed by atoms with Gasteiger partial charge in [-0.25, -0.2) is 9.97 Å². The van der Waals surface area contributed by atoms with Crippen molar-refractivity contribution < 1.29 is 4.79 Å². The molecule has 0 aliphatic rings. The number of carbonyl (C=O) groups excluding carboxylic acids is 1. The first kappa shape index (κ1) is 15.4. The van der Waals surface area contributed by atoms with Crippen LogP contribution in [0.25, 0.3) is 10.6 Å². The summed E-state index contributed by atoms with van der Waals surface area (Å²) in [6.45, 7) is 1.50. The topological polar surface area (TPSA) is 72.7 Å². The molecule has 0 aromatic carbocycles. The minimum absolute atomic E-state index is 0.00123. The van der Waals surface area contributed by atoms with Crippen LogP contribution in [-0.4, -0.2) is 32.0 Å². The van der Waals surface area contributed by atoms with Crippen LogP contribution in [0, 0.1) is 0 Å². The van der Waals surface area contributed by atoms with E-state index >= 15 is 0 Å². The third kappa shape index (κ3) is 4.46. The molecule has 0 bridgehead atoms. The van der Waals surface area contributed by atoms with Gasteiger partial charge in [0.25, 0.3) is 0 Å². The SMILES string of the molecule is O=C(Cc1csc(-c2cccnc2)n1)NCCCn1ccnc1. The monoisotopic (exact) mass is 327 g/mol. The highest BCUT2D eigenvalue weighted by molar-refractivity contribution is 7.13. The number of imidazole rings is 1. The van der Waals surface area contributed by atoms with Gasteiger partial charge in [-0.3, -0.25) is 9.78 Å². The molecule has 23 heavy (non-hydrogen) atoms. The summed E-state index contributed by atoms with van der Waals surface area (Å²) >= 11 is 1.53. The van der Waals surface area contributed by atoms with Crippen LogP contribution in [0.1, 0.15) is 12.1 Å². The van der Waals surface area contributed by atoms with Gasteiger partial charge in [0.2, 0.25) is 5.91 Å². The highest BCUT2D eigenvalue weighted by Gasteiger charge is 2.08. The molecular formula is C16H17N5OS. The Balaban J connectivity index is 1.44. The van der Waals surface area contributed by atoms with Crippen LogP contribution < -0.4 is 5.32 Å². The molecule has 0 fully saturated rings. The smallest absolute Gasteiger partial charge is 0.226 e. The first-order valence-corrected chi connectivity index (χ1v) is 8.26. The number of pyridine rings is 1. The van der Waals surface area contributed by atoms with E-state index in [-0.39, 0.29) is 5.91 Å². The highest BCUT2D eigenvalue weighted by Crippen LogP contribution is 2.22. The fourth-order valence-corrected chi connectivity index (χ4v) is 2.96. The average molecular weight is 327 g/mol. The predicted molar refractivity (Wildman–Crippen MR) is 88.9 cm³/mol. The third-order valence-electron chi connectivity index (χ3n) is 3.28. The zero-order valence-electron chi connectivity index (χ0n) is 12.6. The van der Waals surface area contributed by atoms with E-state index in [9.17, 15) is 4.79 Å². The maximum atomic E-state index is 11.9. The van der Waals surface area contributed by atoms with Crippen LogP contribution in [-0.2, 0) is 17.8 Å². The molecule has 3 aromatic rings. The summed E-state index contributed by atoms with van der Waals surface area (Å²) in [5.41, 5.74) is 1.77. The number of carbonyl (C=O) groups is 1. The molecule has 0 unspecified atom stereocenters. The maximum Gasteiger partial charge on any atom is 0.226 e. The molecule has 3 heterocycles. The zero-order valence-corrected chi connectivity index (χ0v) is 13.4. The molecule has 0 atom stereocenters. The van der Waals surface area contributed by atoms with Gasteiger partial charge in [-0.05, 0) is 18.6 Å². The standard InChI is InChI=1S/C16H17N5OS/c22-15(19-5-2-7-21-8-6-18-12-21)9-14-11-23-16(20-14)13-3-1-4-17-10-13/h1,3-4,6,8,10-12H,2,5,7,9H2,(H,19,22). The molecular weight excluding hydrogens is 310 g/mol. The van der Waals surface area contributed by atoms with Gasteiger partial charge in [0.05, 0.1) is 18.4 Å². The molecule has 1 N–H and O–H groups in total. The molecule has 118 valence electrons. The number of aromatic nitrogens is 4. The van der Waals surface area contributed by atoms with Crippen molar-refractivity contribution in [3.63, 3.8) is 0 Å². The molecule has 0 radical (unpaired) electrons. The van der Waals surface area contributed by atoms with Gasteiger partial charge < -0.3 is 9.88 Å². The van der Waals surface area contributed by atoms with Crippen molar-refractivity contribution in [2.75, 3.05) is 6.54 Å². The van der Waals surface area contributed by atoms with E-state index in [2.05, 4.69) is 20.3 Å². The maximum absolute atomic E-state index is 11.9. The average Bonchev–Trinajstić information content (AvgIpc) is 3.24. The Morgan fingerprint density at radius 2 is 2.26 bits per heavy atom. The van der Waals surface area contributed by atoms with Crippen molar-refractivity contribution in [2.45, 2.75) is 19.4 Å². The van der Waals surface area contributed by atoms with Gasteiger partial charge in [0.1, 0.15) is 5.01 Å². The number of amides is 1. The Morgan fingerprint density at radius 3 is 3.04 bits per heavy atom. The third-order valence-corrected chi connectivity index (χ3v) is 4.22. The Hall–Kier alpha value is -2.54. The summed E-state index contributed by atoms with van der Waals surface area (Å²) in [6, 6.07) is 3.84. The van der Waals surface area contributed by atoms with E-state index < -0.39 is 0 Å². The second kappa shape index (κ2) is 7.64. The second-order valence-electron chi connectivity index (χ2n) is 5.07. The van der Waals surface area contributed by atoms with Crippen LogP contribution in [0.5, 0.6) is 0 Å². The molecule has 0 aliphatic carbocycles. The number of rotatable bonds is 7. The summed E-state index contributed by atoms with van der Waals surface area (Å²) in [6.07, 6.45) is 10.1. The second-order valence-corrected chi connectivity index (χ2v) is 5.92. The Morgan fingerprint density at radius 1 is 1.30 bits per heavy atom. The summed E-state index contributed by atoms with van der Waals surface area (Å²) in [5, 5.41) is 5.74. The summed E-state index contributed by atoms with van der Waals surface area (Å²) in [5.74, 6) is -0.00123. The van der Waals surface area contributed by atoms with E-state index in [0.717, 1.165) is 29.2 Å². The molecule has 7 heteroatoms. The lowest BCUT2D eigenvalue weighted by Gasteiger charge is -2.04. The molecule has 0 saturated carbocycles. The van der Waals surface area contributed by atoms with E-state index in [4.69, 9.17) is 0 Å². The van der Waals surface area contributed by atoms with E-state index in [0.29, 0.717) is 13.0 Å². The molecule has 6 nitrogen and oxygen atoms in total. The molecule has 3 rings (SSSR count). The number of hydrogen-bond acceptors (Lipinski definition) is 5. The quantitative estimate of drug-likeness (QED) is 0.675. The summed E-state index contributed by atoms with van der Waals surface area (Å²) < 4.78 is 1.99. The highest BCUT2D eigenvalue weighted by atomic mass is 32.1. The zero-order chi connectivity index (χ0) is 15.9. The summed E-state index contributed by atoms with van der Waals surface area (Å²) in [7, 11) is 0. The fraction of sp³-hybridized carbons (Fsp3) is 0.250. The van der Waals surface area contributed by atoms with Gasteiger partial charge in [0, 0.05) is 48.8 Å². The molecule has 0 spiro atoms. The Labute approximate surface area is 138 Å². The van der Waals surface area contributed by atoms with Crippen molar-refractivity contribution in [2.24, 2.45) is 0 Å². The van der Waals surface area contributed by atoms with Crippen molar-refractivity contribution in [1.82, 2.24) is 24.8 Å². The van der Waals surface area contributed by atoms with Gasteiger partial charge in [0.15, 0.2) is 0 Å². The van der Waals surface area contributed by atoms with Crippen LogP contribution in [0.4, 0.5) is 0 Å². The lowest BCUT2D eigenvalue weighted by Crippen LogP contribution is -2.26. The molecule has 3 aromatic heterocycles. The van der Waals surface area contributed by atoms with E-state index in [1.165, 1.54) is 11.3 Å². The lowest BCUT2D eigenvalue weighted by molar-refractivity contribution is -0.120. The van der Waals surface area contributed by atoms with Gasteiger partial charge in [-0.15, -0.1) is 11.3 Å². The largest absolute Gasteiger partial charge is 0.356 e. The predicted octanol–water partition coefficient (Wildman–Crippen LogP) is 2.15. The summed E-state index contributed by atoms with van der Waals surface area (Å²) in [4.78, 5) is 24.5. The lowest BCUT2D eigenvalue weighted by atomic mass is 10.3. The van der Waals surface area contributed by atoms with Gasteiger partial charge in [-0.2, -0.15) is 0 Å². The number of hydrogen-bond donors (Lipinski definition) is 1. The van der Waals surface area contributed by atoms with Crippen LogP contribution in [0.15, 0.2) is 48.6 Å². The normalized spacial score (nSPS) is 10.6. The van der Waals surface area contributed by atoms with Crippen LogP contribution in [0.2, 0.25) is 0 Å². The van der Waals surface area contributed by atoms with Crippen molar-refractivity contribution in [3.05, 3.63) is 54.3 Å². The van der Waals surface area contributed by atoms with Crippen LogP contribution >= 0.6 is 11.3 Å². The minimum atomic E-state index is -0.00123. The van der Waals surface area contributed by atoms with Gasteiger partial charge in [-0.1, -0.05) is 0 Å². The fourth-order valence-electron chi connectivity index (χ4n) is 2.15. The van der Waals surface area contributed by atoms with Crippen molar-refractivity contribution in [1.29, 1.82) is 0 Å². The van der Waals surface area contributed by atoms with Crippen LogP contribution in [0.3, 0.4) is 0 Å². The molecule has 1 amide bonds. The van der Waals surface area contributed by atoms with Crippen molar-refractivity contribution >= 4 is 17.2 Å².